The Balaban J connectivity index is 0.000000101. The number of furan rings is 5. The Morgan fingerprint density at radius 3 is 0.911 bits per heavy atom. The molecule has 25 aromatic rings. The van der Waals surface area contributed by atoms with Crippen LogP contribution in [0.1, 0.15) is 138 Å². The predicted molar refractivity (Wildman–Crippen MR) is 606 cm³/mol. The highest BCUT2D eigenvalue weighted by Gasteiger charge is 2.31. The van der Waals surface area contributed by atoms with Crippen LogP contribution in [0.4, 0.5) is 0 Å². The van der Waals surface area contributed by atoms with E-state index in [4.69, 9.17) is 22.1 Å². The zero-order valence-corrected chi connectivity index (χ0v) is 87.1. The number of hydrogen-bond donors (Lipinski definition) is 0. The lowest BCUT2D eigenvalue weighted by Gasteiger charge is -2.21. The Morgan fingerprint density at radius 2 is 0.541 bits per heavy atom. The van der Waals surface area contributed by atoms with Crippen LogP contribution in [-0.4, -0.2) is 0 Å². The minimum Gasteiger partial charge on any atom is -0.455 e. The summed E-state index contributed by atoms with van der Waals surface area (Å²) < 4.78 is 43.6. The number of nitrogens with zero attached hydrogens (tertiary/aromatic N) is 5. The molecule has 0 aliphatic heterocycles. The molecule has 146 heavy (non-hydrogen) atoms. The lowest BCUT2D eigenvalue weighted by atomic mass is 9.85. The average molecular weight is 1910 g/mol. The fourth-order valence-electron chi connectivity index (χ4n) is 24.3. The number of aromatic nitrogens is 5. The van der Waals surface area contributed by atoms with Gasteiger partial charge in [-0.1, -0.05) is 278 Å². The van der Waals surface area contributed by atoms with Crippen molar-refractivity contribution in [1.82, 2.24) is 0 Å². The second-order valence-corrected chi connectivity index (χ2v) is 42.5. The van der Waals surface area contributed by atoms with Gasteiger partial charge in [-0.3, -0.25) is 0 Å². The van der Waals surface area contributed by atoms with Crippen LogP contribution in [0.15, 0.2) is 344 Å². The maximum absolute atomic E-state index is 6.56. The molecule has 0 bridgehead atoms. The van der Waals surface area contributed by atoms with Crippen molar-refractivity contribution in [1.29, 1.82) is 0 Å². The molecule has 0 unspecified atom stereocenters. The van der Waals surface area contributed by atoms with Gasteiger partial charge in [-0.15, -0.1) is 0 Å². The topological polar surface area (TPSA) is 85.1 Å². The molecular weight excluding hydrogens is 1780 g/mol. The molecule has 27 rings (SSSR count). The van der Waals surface area contributed by atoms with Gasteiger partial charge in [-0.25, -0.2) is 22.8 Å². The lowest BCUT2D eigenvalue weighted by molar-refractivity contribution is -0.660. The lowest BCUT2D eigenvalue weighted by Crippen LogP contribution is -2.31. The van der Waals surface area contributed by atoms with Crippen molar-refractivity contribution in [3.8, 4) is 56.3 Å². The van der Waals surface area contributed by atoms with Gasteiger partial charge in [0.2, 0.25) is 28.5 Å². The maximum Gasteiger partial charge on any atom is 0.216 e. The van der Waals surface area contributed by atoms with Crippen LogP contribution in [-0.2, 0) is 54.5 Å². The molecule has 10 heterocycles. The highest BCUT2D eigenvalue weighted by molar-refractivity contribution is 6.26. The molecule has 15 aromatic carbocycles. The molecule has 2 fully saturated rings. The highest BCUT2D eigenvalue weighted by atomic mass is 16.3. The number of rotatable bonds is 11. The number of hydrogen-bond acceptors (Lipinski definition) is 5. The summed E-state index contributed by atoms with van der Waals surface area (Å²) in [5.41, 5.74) is 37.3. The van der Waals surface area contributed by atoms with E-state index in [2.05, 4.69) is 456 Å². The molecule has 0 radical (unpaired) electrons. The van der Waals surface area contributed by atoms with E-state index in [0.29, 0.717) is 5.92 Å². The van der Waals surface area contributed by atoms with Crippen LogP contribution in [0, 0.1) is 80.1 Å². The number of fused-ring (bicyclic) bond motifs is 25. The first-order valence-electron chi connectivity index (χ1n) is 52.6. The molecule has 0 N–H and O–H groups in total. The second kappa shape index (κ2) is 38.8. The summed E-state index contributed by atoms with van der Waals surface area (Å²) >= 11 is 0. The zero-order chi connectivity index (χ0) is 100. The van der Waals surface area contributed by atoms with Crippen molar-refractivity contribution >= 4 is 164 Å². The van der Waals surface area contributed by atoms with E-state index in [0.717, 1.165) is 74.1 Å². The molecular formula is C136H128N5O5+5. The first-order chi connectivity index (χ1) is 71.0. The number of aryl methyl sites for hydroxylation is 14. The van der Waals surface area contributed by atoms with E-state index >= 15 is 0 Å². The van der Waals surface area contributed by atoms with E-state index < -0.39 is 0 Å². The van der Waals surface area contributed by atoms with Gasteiger partial charge < -0.3 is 22.1 Å². The van der Waals surface area contributed by atoms with Gasteiger partial charge in [-0.05, 0) is 245 Å². The first-order valence-corrected chi connectivity index (χ1v) is 52.6. The molecule has 722 valence electrons. The standard InChI is InChI=1S/C30H30NO.C29H28NO.C27H26NO.C26H24NO.C24H20NO/c1-20-12-14-25-29-24-11-7-6-10-23(24)13-15-27(29)32-30(25)28(20)26-19-22(16-17-31(26)2)18-21-8-4-3-5-9-21;1-19-11-13-24-28-23-10-6-5-9-22(23)12-14-26(28)31-29(24)27(19)25-18-21(15-16-30(25)2)17-20-7-3-4-8-20;1-17(2)15-19-13-14-28(4)23(16-19)25-18(3)9-11-22-26-21-8-6-5-7-20(21)10-12-24(26)29-27(22)25;1-15-13-21(27(5)14-18(15)4)23-16(2)12-17(3)24-25-20-9-7-6-8-19(20)10-11-22(25)28-26(23)24;1-15-12-13-25(3)20(14-15)22-16(2)8-10-19-23-18-7-5-4-6-17(18)9-11-21(23)26-24(19)22/h6-7,10-17,19,21H,3-5,8-9,18H2,1-2H3;5-6,9-16,18,20H,3-4,7-8,17H2,1-2H3;5-14,16-17H,15H2,1-4H3;6-14H,1-5H3;4-14H,1-3H3/q5*+1. The summed E-state index contributed by atoms with van der Waals surface area (Å²) in [4.78, 5) is 0. The van der Waals surface area contributed by atoms with Crippen molar-refractivity contribution in [2.75, 3.05) is 0 Å². The molecule has 0 amide bonds. The van der Waals surface area contributed by atoms with E-state index in [-0.39, 0.29) is 0 Å². The molecule has 10 heteroatoms. The molecule has 10 aromatic heterocycles. The monoisotopic (exact) mass is 1910 g/mol. The number of benzene rings is 15. The van der Waals surface area contributed by atoms with Crippen LogP contribution in [0.2, 0.25) is 0 Å². The van der Waals surface area contributed by atoms with E-state index in [1.807, 2.05) is 0 Å². The Labute approximate surface area is 854 Å². The van der Waals surface area contributed by atoms with Crippen molar-refractivity contribution in [2.45, 2.75) is 153 Å². The van der Waals surface area contributed by atoms with Gasteiger partial charge in [0.05, 0.1) is 27.8 Å². The van der Waals surface area contributed by atoms with Gasteiger partial charge >= 0.3 is 0 Å². The summed E-state index contributed by atoms with van der Waals surface area (Å²) in [7, 11) is 10.6. The molecule has 2 saturated carbocycles. The predicted octanol–water partition coefficient (Wildman–Crippen LogP) is 34.0. The fraction of sp³-hybridized carbons (Fsp3) is 0.228. The Morgan fingerprint density at radius 1 is 0.240 bits per heavy atom. The molecule has 0 atom stereocenters. The third kappa shape index (κ3) is 17.3. The average Bonchev–Trinajstić information content (AvgIpc) is 1.53. The zero-order valence-electron chi connectivity index (χ0n) is 87.1. The van der Waals surface area contributed by atoms with Crippen LogP contribution in [0.3, 0.4) is 0 Å². The van der Waals surface area contributed by atoms with Crippen molar-refractivity contribution in [3.63, 3.8) is 0 Å². The third-order valence-electron chi connectivity index (χ3n) is 31.8. The Bertz CT molecular complexity index is 9510. The largest absolute Gasteiger partial charge is 0.455 e. The van der Waals surface area contributed by atoms with E-state index in [1.165, 1.54) is 301 Å². The van der Waals surface area contributed by atoms with Crippen LogP contribution < -0.4 is 22.8 Å². The Kier molecular flexibility index (Phi) is 25.0. The summed E-state index contributed by atoms with van der Waals surface area (Å²) in [6, 6.07) is 105. The van der Waals surface area contributed by atoms with Gasteiger partial charge in [0, 0.05) is 114 Å². The smallest absolute Gasteiger partial charge is 0.216 e. The maximum atomic E-state index is 6.56. The quantitative estimate of drug-likeness (QED) is 0.120. The Hall–Kier alpha value is -15.7. The second-order valence-electron chi connectivity index (χ2n) is 42.5. The van der Waals surface area contributed by atoms with Crippen molar-refractivity contribution in [3.05, 3.63) is 389 Å². The van der Waals surface area contributed by atoms with Crippen LogP contribution in [0.5, 0.6) is 0 Å². The SMILES string of the molecule is Cc1cc(-c2c(C)cc(C)c3c2oc2ccc4ccccc4c23)[n+](C)cc1C.Cc1cc[n+](C)c(-c2c(C)ccc3c2oc2ccc4ccccc4c23)c1.Cc1ccc2c(oc3ccc4ccccc4c32)c1-c1cc(CC(C)C)cc[n+]1C.Cc1ccc2c(oc3ccc4ccccc4c32)c1-c1cc(CC2CCCC2)cc[n+]1C.Cc1ccc2c(oc3ccc4ccccc4c32)c1-c1cc(CC2CCCCC2)cc[n+]1C. The molecule has 2 aliphatic carbocycles. The molecule has 2 aliphatic rings. The van der Waals surface area contributed by atoms with Gasteiger partial charge in [0.25, 0.3) is 0 Å². The summed E-state index contributed by atoms with van der Waals surface area (Å²) in [5, 5.41) is 24.6. The van der Waals surface area contributed by atoms with Crippen LogP contribution in [0.25, 0.3) is 220 Å². The summed E-state index contributed by atoms with van der Waals surface area (Å²) in [6.45, 7) is 24.1. The minimum atomic E-state index is 0.630. The minimum absolute atomic E-state index is 0.630. The molecule has 0 spiro atoms. The van der Waals surface area contributed by atoms with Crippen molar-refractivity contribution in [2.24, 2.45) is 53.0 Å². The van der Waals surface area contributed by atoms with Gasteiger partial charge in [-0.2, -0.15) is 0 Å². The van der Waals surface area contributed by atoms with Gasteiger partial charge in [0.1, 0.15) is 91.1 Å². The summed E-state index contributed by atoms with van der Waals surface area (Å²) in [5.74, 6) is 2.30. The summed E-state index contributed by atoms with van der Waals surface area (Å²) in [6.07, 6.45) is 26.9. The number of pyridine rings is 5. The van der Waals surface area contributed by atoms with E-state index in [9.17, 15) is 0 Å². The van der Waals surface area contributed by atoms with E-state index in [1.54, 1.807) is 0 Å². The fourth-order valence-corrected chi connectivity index (χ4v) is 24.3. The van der Waals surface area contributed by atoms with Gasteiger partial charge in [0.15, 0.2) is 31.0 Å². The van der Waals surface area contributed by atoms with Crippen LogP contribution >= 0.6 is 0 Å². The first kappa shape index (κ1) is 94.0. The third-order valence-corrected chi connectivity index (χ3v) is 31.8. The normalized spacial score (nSPS) is 13.2. The highest BCUT2D eigenvalue weighted by Crippen LogP contribution is 2.49. The molecule has 10 nitrogen and oxygen atoms in total. The molecule has 0 saturated heterocycles. The van der Waals surface area contributed by atoms with Crippen molar-refractivity contribution < 1.29 is 44.9 Å².